The molecule has 1 saturated carbocycles. The van der Waals surface area contributed by atoms with E-state index in [9.17, 15) is 9.59 Å². The van der Waals surface area contributed by atoms with Crippen LogP contribution in [0.15, 0.2) is 0 Å². The number of carbonyl (C=O) groups excluding carboxylic acids is 2. The first kappa shape index (κ1) is 15.0. The lowest BCUT2D eigenvalue weighted by Crippen LogP contribution is -2.31. The van der Waals surface area contributed by atoms with Gasteiger partial charge in [0.25, 0.3) is 0 Å². The third kappa shape index (κ3) is 5.52. The van der Waals surface area contributed by atoms with E-state index in [0.717, 1.165) is 32.1 Å². The average Bonchev–Trinajstić information content (AvgIpc) is 2.29. The van der Waals surface area contributed by atoms with Crippen molar-refractivity contribution in [2.45, 2.75) is 77.4 Å². The predicted octanol–water partition coefficient (Wildman–Crippen LogP) is 2.98. The maximum Gasteiger partial charge on any atom is 0.306 e. The van der Waals surface area contributed by atoms with Crippen molar-refractivity contribution >= 4 is 11.9 Å². The number of rotatable bonds is 6. The highest BCUT2D eigenvalue weighted by Gasteiger charge is 2.26. The van der Waals surface area contributed by atoms with Gasteiger partial charge in [-0.05, 0) is 32.1 Å². The smallest absolute Gasteiger partial charge is 0.306 e. The molecule has 0 aromatic heterocycles. The molecule has 0 aromatic carbocycles. The Hall–Kier alpha value is -1.06. The van der Waals surface area contributed by atoms with Gasteiger partial charge in [-0.3, -0.25) is 9.59 Å². The van der Waals surface area contributed by atoms with E-state index in [-0.39, 0.29) is 24.1 Å². The predicted molar refractivity (Wildman–Crippen MR) is 68.0 cm³/mol. The summed E-state index contributed by atoms with van der Waals surface area (Å²) in [6.45, 7) is 3.91. The lowest BCUT2D eigenvalue weighted by atomic mass is 9.95. The SMILES string of the molecule is CCCC(=O)O[C@@H]1CCC[C@H](OC(=O)CCC)C1. The van der Waals surface area contributed by atoms with Gasteiger partial charge < -0.3 is 9.47 Å². The Morgan fingerprint density at radius 3 is 1.78 bits per heavy atom. The highest BCUT2D eigenvalue weighted by molar-refractivity contribution is 5.70. The van der Waals surface area contributed by atoms with Gasteiger partial charge in [0.05, 0.1) is 0 Å². The summed E-state index contributed by atoms with van der Waals surface area (Å²) >= 11 is 0. The van der Waals surface area contributed by atoms with Crippen molar-refractivity contribution in [3.63, 3.8) is 0 Å². The molecule has 18 heavy (non-hydrogen) atoms. The minimum atomic E-state index is -0.136. The summed E-state index contributed by atoms with van der Waals surface area (Å²) in [7, 11) is 0. The fourth-order valence-electron chi connectivity index (χ4n) is 2.21. The zero-order valence-electron chi connectivity index (χ0n) is 11.4. The Balaban J connectivity index is 2.31. The van der Waals surface area contributed by atoms with E-state index in [1.54, 1.807) is 0 Å². The molecule has 0 spiro atoms. The Labute approximate surface area is 109 Å². The molecule has 4 nitrogen and oxygen atoms in total. The van der Waals surface area contributed by atoms with Crippen molar-refractivity contribution in [2.24, 2.45) is 0 Å². The summed E-state index contributed by atoms with van der Waals surface area (Å²) in [6.07, 6.45) is 5.79. The minimum Gasteiger partial charge on any atom is -0.462 e. The summed E-state index contributed by atoms with van der Waals surface area (Å²) in [6, 6.07) is 0. The molecular formula is C14H24O4. The zero-order chi connectivity index (χ0) is 13.4. The van der Waals surface area contributed by atoms with Crippen LogP contribution in [0.5, 0.6) is 0 Å². The molecule has 1 aliphatic carbocycles. The van der Waals surface area contributed by atoms with Crippen LogP contribution >= 0.6 is 0 Å². The Morgan fingerprint density at radius 1 is 0.944 bits per heavy atom. The first-order valence-electron chi connectivity index (χ1n) is 7.04. The molecule has 1 aliphatic rings. The first-order chi connectivity index (χ1) is 8.65. The van der Waals surface area contributed by atoms with Crippen molar-refractivity contribution in [3.05, 3.63) is 0 Å². The zero-order valence-corrected chi connectivity index (χ0v) is 11.4. The molecule has 1 rings (SSSR count). The Bertz CT molecular complexity index is 249. The molecule has 0 heterocycles. The summed E-state index contributed by atoms with van der Waals surface area (Å²) in [5.74, 6) is -0.272. The molecule has 0 aromatic rings. The molecule has 0 bridgehead atoms. The van der Waals surface area contributed by atoms with Gasteiger partial charge in [-0.1, -0.05) is 13.8 Å². The summed E-state index contributed by atoms with van der Waals surface area (Å²) in [5.41, 5.74) is 0. The van der Waals surface area contributed by atoms with Gasteiger partial charge >= 0.3 is 11.9 Å². The molecule has 104 valence electrons. The van der Waals surface area contributed by atoms with Crippen LogP contribution in [-0.4, -0.2) is 24.1 Å². The Kier molecular flexibility index (Phi) is 6.76. The van der Waals surface area contributed by atoms with Crippen LogP contribution < -0.4 is 0 Å². The van der Waals surface area contributed by atoms with Crippen molar-refractivity contribution in [1.29, 1.82) is 0 Å². The minimum absolute atomic E-state index is 0.0720. The van der Waals surface area contributed by atoms with Crippen LogP contribution in [-0.2, 0) is 19.1 Å². The number of ether oxygens (including phenoxy) is 2. The molecule has 1 fully saturated rings. The first-order valence-corrected chi connectivity index (χ1v) is 7.04. The van der Waals surface area contributed by atoms with E-state index in [0.29, 0.717) is 19.3 Å². The number of esters is 2. The lowest BCUT2D eigenvalue weighted by Gasteiger charge is -2.28. The van der Waals surface area contributed by atoms with Crippen molar-refractivity contribution in [1.82, 2.24) is 0 Å². The van der Waals surface area contributed by atoms with E-state index in [1.807, 2.05) is 13.8 Å². The van der Waals surface area contributed by atoms with E-state index in [4.69, 9.17) is 9.47 Å². The Morgan fingerprint density at radius 2 is 1.39 bits per heavy atom. The van der Waals surface area contributed by atoms with E-state index in [2.05, 4.69) is 0 Å². The van der Waals surface area contributed by atoms with Crippen LogP contribution in [0.4, 0.5) is 0 Å². The molecule has 2 atom stereocenters. The van der Waals surface area contributed by atoms with E-state index < -0.39 is 0 Å². The van der Waals surface area contributed by atoms with Crippen molar-refractivity contribution in [2.75, 3.05) is 0 Å². The third-order valence-electron chi connectivity index (χ3n) is 3.08. The quantitative estimate of drug-likeness (QED) is 0.685. The van der Waals surface area contributed by atoms with Gasteiger partial charge in [-0.25, -0.2) is 0 Å². The number of hydrogen-bond acceptors (Lipinski definition) is 4. The number of hydrogen-bond donors (Lipinski definition) is 0. The van der Waals surface area contributed by atoms with Gasteiger partial charge in [0.15, 0.2) is 0 Å². The van der Waals surface area contributed by atoms with E-state index in [1.165, 1.54) is 0 Å². The van der Waals surface area contributed by atoms with Crippen LogP contribution in [0, 0.1) is 0 Å². The largest absolute Gasteiger partial charge is 0.462 e. The van der Waals surface area contributed by atoms with Crippen LogP contribution in [0.3, 0.4) is 0 Å². The summed E-state index contributed by atoms with van der Waals surface area (Å²) in [5, 5.41) is 0. The molecular weight excluding hydrogens is 232 g/mol. The second-order valence-corrected chi connectivity index (χ2v) is 4.89. The topological polar surface area (TPSA) is 52.6 Å². The second kappa shape index (κ2) is 8.11. The maximum absolute atomic E-state index is 11.4. The molecule has 0 aliphatic heterocycles. The van der Waals surface area contributed by atoms with Crippen molar-refractivity contribution in [3.8, 4) is 0 Å². The molecule has 0 saturated heterocycles. The molecule has 0 unspecified atom stereocenters. The highest BCUT2D eigenvalue weighted by atomic mass is 16.6. The second-order valence-electron chi connectivity index (χ2n) is 4.89. The van der Waals surface area contributed by atoms with Crippen LogP contribution in [0.25, 0.3) is 0 Å². The number of carbonyl (C=O) groups is 2. The van der Waals surface area contributed by atoms with E-state index >= 15 is 0 Å². The molecule has 0 amide bonds. The van der Waals surface area contributed by atoms with Gasteiger partial charge in [0, 0.05) is 19.3 Å². The molecule has 4 heteroatoms. The summed E-state index contributed by atoms with van der Waals surface area (Å²) in [4.78, 5) is 22.8. The van der Waals surface area contributed by atoms with Gasteiger partial charge in [0.1, 0.15) is 12.2 Å². The maximum atomic E-state index is 11.4. The van der Waals surface area contributed by atoms with Crippen LogP contribution in [0.1, 0.15) is 65.2 Å². The molecule has 0 radical (unpaired) electrons. The third-order valence-corrected chi connectivity index (χ3v) is 3.08. The lowest BCUT2D eigenvalue weighted by molar-refractivity contribution is -0.158. The fraction of sp³-hybridized carbons (Fsp3) is 0.857. The normalized spacial score (nSPS) is 23.4. The fourth-order valence-corrected chi connectivity index (χ4v) is 2.21. The average molecular weight is 256 g/mol. The highest BCUT2D eigenvalue weighted by Crippen LogP contribution is 2.24. The monoisotopic (exact) mass is 256 g/mol. The van der Waals surface area contributed by atoms with Crippen molar-refractivity contribution < 1.29 is 19.1 Å². The van der Waals surface area contributed by atoms with Crippen LogP contribution in [0.2, 0.25) is 0 Å². The van der Waals surface area contributed by atoms with Gasteiger partial charge in [-0.2, -0.15) is 0 Å². The summed E-state index contributed by atoms with van der Waals surface area (Å²) < 4.78 is 10.7. The molecule has 0 N–H and O–H groups in total. The van der Waals surface area contributed by atoms with Gasteiger partial charge in [-0.15, -0.1) is 0 Å². The standard InChI is InChI=1S/C14H24O4/c1-3-6-13(15)17-11-8-5-9-12(10-11)18-14(16)7-4-2/h11-12H,3-10H2,1-2H3/t11-,12+. The van der Waals surface area contributed by atoms with Gasteiger partial charge in [0.2, 0.25) is 0 Å².